The van der Waals surface area contributed by atoms with Crippen LogP contribution in [0.1, 0.15) is 27.0 Å². The van der Waals surface area contributed by atoms with Crippen LogP contribution in [-0.4, -0.2) is 23.5 Å². The zero-order valence-electron chi connectivity index (χ0n) is 11.2. The van der Waals surface area contributed by atoms with Gasteiger partial charge in [0.15, 0.2) is 0 Å². The molecule has 0 fully saturated rings. The second kappa shape index (κ2) is 6.28. The first-order chi connectivity index (χ1) is 9.95. The molecule has 110 valence electrons. The highest BCUT2D eigenvalue weighted by molar-refractivity contribution is 9.10. The SMILES string of the molecule is CCN(C(=O)c1sccc1Br)c1ccc(C(=O)O)cc1N. The van der Waals surface area contributed by atoms with Gasteiger partial charge < -0.3 is 15.7 Å². The van der Waals surface area contributed by atoms with E-state index < -0.39 is 5.97 Å². The van der Waals surface area contributed by atoms with Crippen molar-refractivity contribution in [2.45, 2.75) is 6.92 Å². The lowest BCUT2D eigenvalue weighted by molar-refractivity contribution is 0.0697. The third kappa shape index (κ3) is 3.08. The van der Waals surface area contributed by atoms with Gasteiger partial charge in [-0.25, -0.2) is 4.79 Å². The first-order valence-corrected chi connectivity index (χ1v) is 7.80. The van der Waals surface area contributed by atoms with Crippen molar-refractivity contribution in [1.82, 2.24) is 0 Å². The summed E-state index contributed by atoms with van der Waals surface area (Å²) in [7, 11) is 0. The Hall–Kier alpha value is -1.86. The number of nitrogen functional groups attached to an aromatic ring is 1. The van der Waals surface area contributed by atoms with E-state index in [4.69, 9.17) is 10.8 Å². The molecular formula is C14H13BrN2O3S. The fourth-order valence-corrected chi connectivity index (χ4v) is 3.41. The van der Waals surface area contributed by atoms with Crippen molar-refractivity contribution in [3.63, 3.8) is 0 Å². The van der Waals surface area contributed by atoms with Gasteiger partial charge in [-0.05, 0) is 52.5 Å². The molecule has 0 aliphatic heterocycles. The largest absolute Gasteiger partial charge is 0.478 e. The summed E-state index contributed by atoms with van der Waals surface area (Å²) >= 11 is 4.68. The van der Waals surface area contributed by atoms with Crippen molar-refractivity contribution >= 4 is 50.5 Å². The summed E-state index contributed by atoms with van der Waals surface area (Å²) < 4.78 is 0.733. The van der Waals surface area contributed by atoms with Crippen LogP contribution in [0.25, 0.3) is 0 Å². The molecule has 0 atom stereocenters. The van der Waals surface area contributed by atoms with Gasteiger partial charge >= 0.3 is 5.97 Å². The van der Waals surface area contributed by atoms with Gasteiger partial charge in [0.1, 0.15) is 4.88 Å². The summed E-state index contributed by atoms with van der Waals surface area (Å²) in [5, 5.41) is 10.8. The van der Waals surface area contributed by atoms with Crippen LogP contribution in [0.2, 0.25) is 0 Å². The number of aromatic carboxylic acids is 1. The standard InChI is InChI=1S/C14H13BrN2O3S/c1-2-17(13(18)12-9(15)5-6-21-12)11-4-3-8(14(19)20)7-10(11)16/h3-7H,2,16H2,1H3,(H,19,20). The Morgan fingerprint density at radius 1 is 1.38 bits per heavy atom. The number of anilines is 2. The van der Waals surface area contributed by atoms with Crippen LogP contribution in [-0.2, 0) is 0 Å². The average Bonchev–Trinajstić information content (AvgIpc) is 2.87. The first-order valence-electron chi connectivity index (χ1n) is 6.13. The summed E-state index contributed by atoms with van der Waals surface area (Å²) in [6.45, 7) is 2.27. The number of rotatable bonds is 4. The highest BCUT2D eigenvalue weighted by atomic mass is 79.9. The van der Waals surface area contributed by atoms with Crippen molar-refractivity contribution in [3.05, 3.63) is 44.6 Å². The molecule has 0 aliphatic carbocycles. The molecule has 3 N–H and O–H groups in total. The Morgan fingerprint density at radius 2 is 2.10 bits per heavy atom. The smallest absolute Gasteiger partial charge is 0.335 e. The number of nitrogens with two attached hydrogens (primary N) is 1. The maximum absolute atomic E-state index is 12.6. The molecule has 21 heavy (non-hydrogen) atoms. The van der Waals surface area contributed by atoms with Crippen molar-refractivity contribution in [3.8, 4) is 0 Å². The number of benzene rings is 1. The normalized spacial score (nSPS) is 10.4. The lowest BCUT2D eigenvalue weighted by Crippen LogP contribution is -2.31. The number of amides is 1. The number of carbonyl (C=O) groups is 2. The molecule has 0 unspecified atom stereocenters. The second-order valence-electron chi connectivity index (χ2n) is 4.23. The number of thiophene rings is 1. The lowest BCUT2D eigenvalue weighted by atomic mass is 10.1. The summed E-state index contributed by atoms with van der Waals surface area (Å²) in [6.07, 6.45) is 0. The van der Waals surface area contributed by atoms with E-state index in [-0.39, 0.29) is 17.2 Å². The van der Waals surface area contributed by atoms with Crippen molar-refractivity contribution < 1.29 is 14.7 Å². The second-order valence-corrected chi connectivity index (χ2v) is 6.00. The molecule has 0 spiro atoms. The zero-order chi connectivity index (χ0) is 15.6. The van der Waals surface area contributed by atoms with Crippen LogP contribution in [0.15, 0.2) is 34.1 Å². The molecule has 1 aromatic heterocycles. The van der Waals surface area contributed by atoms with Crippen LogP contribution < -0.4 is 10.6 Å². The van der Waals surface area contributed by atoms with Gasteiger partial charge in [-0.2, -0.15) is 0 Å². The van der Waals surface area contributed by atoms with Gasteiger partial charge in [-0.15, -0.1) is 11.3 Å². The van der Waals surface area contributed by atoms with Crippen molar-refractivity contribution in [1.29, 1.82) is 0 Å². The highest BCUT2D eigenvalue weighted by Crippen LogP contribution is 2.30. The third-order valence-corrected chi connectivity index (χ3v) is 4.76. The predicted octanol–water partition coefficient (Wildman–Crippen LogP) is 3.46. The molecule has 0 saturated carbocycles. The number of hydrogen-bond donors (Lipinski definition) is 2. The highest BCUT2D eigenvalue weighted by Gasteiger charge is 2.21. The molecule has 7 heteroatoms. The minimum absolute atomic E-state index is 0.0945. The monoisotopic (exact) mass is 368 g/mol. The van der Waals surface area contributed by atoms with E-state index in [9.17, 15) is 9.59 Å². The summed E-state index contributed by atoms with van der Waals surface area (Å²) in [5.74, 6) is -1.22. The van der Waals surface area contributed by atoms with Crippen molar-refractivity contribution in [2.24, 2.45) is 0 Å². The number of nitrogens with zero attached hydrogens (tertiary/aromatic N) is 1. The maximum Gasteiger partial charge on any atom is 0.335 e. The molecular weight excluding hydrogens is 356 g/mol. The molecule has 2 aromatic rings. The van der Waals surface area contributed by atoms with Crippen LogP contribution >= 0.6 is 27.3 Å². The summed E-state index contributed by atoms with van der Waals surface area (Å²) in [5.41, 5.74) is 6.76. The fraction of sp³-hybridized carbons (Fsp3) is 0.143. The van der Waals surface area contributed by atoms with E-state index in [2.05, 4.69) is 15.9 Å². The van der Waals surface area contributed by atoms with E-state index in [0.29, 0.717) is 17.1 Å². The lowest BCUT2D eigenvalue weighted by Gasteiger charge is -2.22. The Morgan fingerprint density at radius 3 is 2.57 bits per heavy atom. The van der Waals surface area contributed by atoms with Gasteiger partial charge in [0.2, 0.25) is 0 Å². The minimum atomic E-state index is -1.05. The van der Waals surface area contributed by atoms with E-state index in [1.807, 2.05) is 18.4 Å². The number of hydrogen-bond acceptors (Lipinski definition) is 4. The van der Waals surface area contributed by atoms with Gasteiger partial charge in [0, 0.05) is 11.0 Å². The van der Waals surface area contributed by atoms with E-state index in [1.54, 1.807) is 6.07 Å². The van der Waals surface area contributed by atoms with E-state index in [0.717, 1.165) is 4.47 Å². The molecule has 1 amide bonds. The Kier molecular flexibility index (Phi) is 4.64. The molecule has 1 aromatic carbocycles. The Balaban J connectivity index is 2.40. The van der Waals surface area contributed by atoms with Crippen molar-refractivity contribution in [2.75, 3.05) is 17.2 Å². The third-order valence-electron chi connectivity index (χ3n) is 2.94. The minimum Gasteiger partial charge on any atom is -0.478 e. The molecule has 1 heterocycles. The molecule has 0 bridgehead atoms. The number of halogens is 1. The van der Waals surface area contributed by atoms with E-state index in [1.165, 1.54) is 28.4 Å². The van der Waals surface area contributed by atoms with Gasteiger partial charge in [0.05, 0.1) is 16.9 Å². The Bertz CT molecular complexity index is 699. The number of carboxylic acids is 1. The summed E-state index contributed by atoms with van der Waals surface area (Å²) in [4.78, 5) is 25.6. The van der Waals surface area contributed by atoms with E-state index >= 15 is 0 Å². The van der Waals surface area contributed by atoms with Crippen LogP contribution in [0.3, 0.4) is 0 Å². The number of carbonyl (C=O) groups excluding carboxylic acids is 1. The molecule has 2 rings (SSSR count). The van der Waals surface area contributed by atoms with Gasteiger partial charge in [0.25, 0.3) is 5.91 Å². The Labute approximate surface area is 134 Å². The van der Waals surface area contributed by atoms with Crippen LogP contribution in [0, 0.1) is 0 Å². The maximum atomic E-state index is 12.6. The van der Waals surface area contributed by atoms with Crippen LogP contribution in [0.4, 0.5) is 11.4 Å². The first kappa shape index (κ1) is 15.5. The van der Waals surface area contributed by atoms with Crippen LogP contribution in [0.5, 0.6) is 0 Å². The molecule has 0 saturated heterocycles. The zero-order valence-corrected chi connectivity index (χ0v) is 13.6. The predicted molar refractivity (Wildman–Crippen MR) is 87.2 cm³/mol. The number of carboxylic acid groups (broad SMARTS) is 1. The average molecular weight is 369 g/mol. The summed E-state index contributed by atoms with van der Waals surface area (Å²) in [6, 6.07) is 6.16. The van der Waals surface area contributed by atoms with Gasteiger partial charge in [-0.1, -0.05) is 0 Å². The molecule has 0 radical (unpaired) electrons. The van der Waals surface area contributed by atoms with Gasteiger partial charge in [-0.3, -0.25) is 4.79 Å². The molecule has 0 aliphatic rings. The quantitative estimate of drug-likeness (QED) is 0.809. The molecule has 5 nitrogen and oxygen atoms in total. The topological polar surface area (TPSA) is 83.6 Å². The fourth-order valence-electron chi connectivity index (χ4n) is 1.93.